The fraction of sp³-hybridized carbons (Fsp3) is 0.160. The molecule has 1 heterocycles. The molecule has 0 spiro atoms. The first kappa shape index (κ1) is 23.6. The highest BCUT2D eigenvalue weighted by Crippen LogP contribution is 2.31. The molecule has 34 heavy (non-hydrogen) atoms. The summed E-state index contributed by atoms with van der Waals surface area (Å²) in [7, 11) is 1.58. The third-order valence-electron chi connectivity index (χ3n) is 4.79. The highest BCUT2D eigenvalue weighted by molar-refractivity contribution is 8.01. The lowest BCUT2D eigenvalue weighted by molar-refractivity contribution is -0.113. The van der Waals surface area contributed by atoms with Gasteiger partial charge in [-0.3, -0.25) is 4.79 Å². The van der Waals surface area contributed by atoms with E-state index in [2.05, 4.69) is 27.0 Å². The van der Waals surface area contributed by atoms with Gasteiger partial charge in [-0.05, 0) is 67.4 Å². The summed E-state index contributed by atoms with van der Waals surface area (Å²) in [6.07, 6.45) is 0. The van der Waals surface area contributed by atoms with E-state index >= 15 is 0 Å². The average Bonchev–Trinajstić information content (AvgIpc) is 3.19. The summed E-state index contributed by atoms with van der Waals surface area (Å²) in [4.78, 5) is 29.3. The zero-order chi connectivity index (χ0) is 24.1. The summed E-state index contributed by atoms with van der Waals surface area (Å²) in [5.41, 5.74) is 5.12. The maximum Gasteiger partial charge on any atom is 0.323 e. The lowest BCUT2D eigenvalue weighted by Gasteiger charge is -2.08. The molecule has 9 heteroatoms. The molecule has 3 N–H and O–H groups in total. The summed E-state index contributed by atoms with van der Waals surface area (Å²) in [6.45, 7) is 4.01. The van der Waals surface area contributed by atoms with Crippen LogP contribution in [0.1, 0.15) is 11.1 Å². The van der Waals surface area contributed by atoms with E-state index in [0.29, 0.717) is 17.1 Å². The van der Waals surface area contributed by atoms with Gasteiger partial charge in [0.05, 0.1) is 23.1 Å². The fourth-order valence-electron chi connectivity index (χ4n) is 3.41. The number of anilines is 3. The van der Waals surface area contributed by atoms with Crippen LogP contribution in [0, 0.1) is 13.8 Å². The van der Waals surface area contributed by atoms with Crippen molar-refractivity contribution in [2.75, 3.05) is 28.8 Å². The van der Waals surface area contributed by atoms with Crippen LogP contribution in [0.3, 0.4) is 0 Å². The standard InChI is InChI=1S/C25H24N4O3S2/c1-15-9-16(2)11-19(10-15)26-23(30)14-33-25-29-21-8-7-18(13-22(21)34-25)28-24(31)27-17-5-4-6-20(12-17)32-3/h4-13H,14H2,1-3H3,(H,26,30)(H2,27,28,31). The van der Waals surface area contributed by atoms with Crippen molar-refractivity contribution in [2.45, 2.75) is 18.2 Å². The van der Waals surface area contributed by atoms with Gasteiger partial charge in [-0.15, -0.1) is 11.3 Å². The number of benzene rings is 3. The molecule has 0 saturated heterocycles. The van der Waals surface area contributed by atoms with Crippen molar-refractivity contribution in [3.05, 3.63) is 71.8 Å². The highest BCUT2D eigenvalue weighted by Gasteiger charge is 2.11. The lowest BCUT2D eigenvalue weighted by atomic mass is 10.1. The Bertz CT molecular complexity index is 1330. The number of methoxy groups -OCH3 is 1. The Morgan fingerprint density at radius 3 is 2.38 bits per heavy atom. The minimum Gasteiger partial charge on any atom is -0.497 e. The van der Waals surface area contributed by atoms with Gasteiger partial charge in [0.25, 0.3) is 0 Å². The molecular weight excluding hydrogens is 468 g/mol. The zero-order valence-corrected chi connectivity index (χ0v) is 20.6. The van der Waals surface area contributed by atoms with E-state index in [1.54, 1.807) is 31.4 Å². The van der Waals surface area contributed by atoms with E-state index in [1.807, 2.05) is 44.2 Å². The lowest BCUT2D eigenvalue weighted by Crippen LogP contribution is -2.19. The second-order valence-electron chi connectivity index (χ2n) is 7.69. The number of thioether (sulfide) groups is 1. The number of nitrogens with one attached hydrogen (secondary N) is 3. The Kier molecular flexibility index (Phi) is 7.34. The highest BCUT2D eigenvalue weighted by atomic mass is 32.2. The second kappa shape index (κ2) is 10.6. The molecule has 7 nitrogen and oxygen atoms in total. The molecule has 174 valence electrons. The minimum atomic E-state index is -0.352. The number of amides is 3. The molecule has 0 saturated carbocycles. The Morgan fingerprint density at radius 1 is 0.912 bits per heavy atom. The zero-order valence-electron chi connectivity index (χ0n) is 19.0. The maximum absolute atomic E-state index is 12.4. The Morgan fingerprint density at radius 2 is 1.65 bits per heavy atom. The maximum atomic E-state index is 12.4. The summed E-state index contributed by atoms with van der Waals surface area (Å²) in [5, 5.41) is 8.56. The minimum absolute atomic E-state index is 0.0779. The molecule has 3 amide bonds. The molecule has 3 aromatic carbocycles. The average molecular weight is 493 g/mol. The molecule has 0 unspecified atom stereocenters. The number of hydrogen-bond donors (Lipinski definition) is 3. The van der Waals surface area contributed by atoms with Gasteiger partial charge in [0, 0.05) is 23.1 Å². The Labute approximate surface area is 205 Å². The number of ether oxygens (including phenoxy) is 1. The van der Waals surface area contributed by atoms with Crippen molar-refractivity contribution < 1.29 is 14.3 Å². The number of thiazole rings is 1. The van der Waals surface area contributed by atoms with Crippen LogP contribution in [0.4, 0.5) is 21.9 Å². The van der Waals surface area contributed by atoms with Crippen molar-refractivity contribution in [2.24, 2.45) is 0 Å². The Hall–Kier alpha value is -3.56. The van der Waals surface area contributed by atoms with Crippen LogP contribution in [0.25, 0.3) is 10.2 Å². The molecule has 4 rings (SSSR count). The molecule has 0 aliphatic heterocycles. The van der Waals surface area contributed by atoms with Crippen molar-refractivity contribution in [3.8, 4) is 5.75 Å². The number of fused-ring (bicyclic) bond motifs is 1. The van der Waals surface area contributed by atoms with E-state index in [9.17, 15) is 9.59 Å². The topological polar surface area (TPSA) is 92.3 Å². The van der Waals surface area contributed by atoms with Crippen LogP contribution in [-0.4, -0.2) is 29.8 Å². The van der Waals surface area contributed by atoms with E-state index in [0.717, 1.165) is 31.4 Å². The molecular formula is C25H24N4O3S2. The van der Waals surface area contributed by atoms with Crippen molar-refractivity contribution in [3.63, 3.8) is 0 Å². The molecule has 0 bridgehead atoms. The number of hydrogen-bond acceptors (Lipinski definition) is 6. The number of carbonyl (C=O) groups is 2. The number of nitrogens with zero attached hydrogens (tertiary/aromatic N) is 1. The first-order chi connectivity index (χ1) is 16.4. The van der Waals surface area contributed by atoms with E-state index in [1.165, 1.54) is 23.1 Å². The van der Waals surface area contributed by atoms with E-state index < -0.39 is 0 Å². The van der Waals surface area contributed by atoms with Gasteiger partial charge in [0.15, 0.2) is 4.34 Å². The quantitative estimate of drug-likeness (QED) is 0.263. The summed E-state index contributed by atoms with van der Waals surface area (Å²) in [5.74, 6) is 0.850. The van der Waals surface area contributed by atoms with E-state index in [4.69, 9.17) is 4.74 Å². The molecule has 0 radical (unpaired) electrons. The van der Waals surface area contributed by atoms with Gasteiger partial charge in [-0.1, -0.05) is 23.9 Å². The van der Waals surface area contributed by atoms with Crippen molar-refractivity contribution in [1.82, 2.24) is 4.98 Å². The molecule has 1 aromatic heterocycles. The summed E-state index contributed by atoms with van der Waals surface area (Å²) < 4.78 is 6.90. The van der Waals surface area contributed by atoms with Crippen molar-refractivity contribution in [1.29, 1.82) is 0 Å². The number of aryl methyl sites for hydroxylation is 2. The smallest absolute Gasteiger partial charge is 0.323 e. The predicted octanol–water partition coefficient (Wildman–Crippen LogP) is 6.30. The van der Waals surface area contributed by atoms with Gasteiger partial charge < -0.3 is 20.7 Å². The third-order valence-corrected chi connectivity index (χ3v) is 6.95. The third kappa shape index (κ3) is 6.27. The first-order valence-corrected chi connectivity index (χ1v) is 12.3. The van der Waals surface area contributed by atoms with Crippen LogP contribution in [0.15, 0.2) is 65.0 Å². The molecule has 0 aliphatic carbocycles. The SMILES string of the molecule is COc1cccc(NC(=O)Nc2ccc3nc(SCC(=O)Nc4cc(C)cc(C)c4)sc3c2)c1. The first-order valence-electron chi connectivity index (χ1n) is 10.5. The normalized spacial score (nSPS) is 10.7. The molecule has 0 aliphatic rings. The largest absolute Gasteiger partial charge is 0.497 e. The van der Waals surface area contributed by atoms with Gasteiger partial charge in [-0.2, -0.15) is 0 Å². The number of aromatic nitrogens is 1. The summed E-state index contributed by atoms with van der Waals surface area (Å²) in [6, 6.07) is 18.3. The van der Waals surface area contributed by atoms with Gasteiger partial charge in [-0.25, -0.2) is 9.78 Å². The molecule has 0 fully saturated rings. The predicted molar refractivity (Wildman–Crippen MR) is 141 cm³/mol. The van der Waals surface area contributed by atoms with Gasteiger partial charge >= 0.3 is 6.03 Å². The number of carbonyl (C=O) groups excluding carboxylic acids is 2. The van der Waals surface area contributed by atoms with Gasteiger partial charge in [0.2, 0.25) is 5.91 Å². The fourth-order valence-corrected chi connectivity index (χ4v) is 5.32. The number of urea groups is 1. The summed E-state index contributed by atoms with van der Waals surface area (Å²) >= 11 is 2.87. The number of rotatable bonds is 7. The monoisotopic (exact) mass is 492 g/mol. The van der Waals surface area contributed by atoms with E-state index in [-0.39, 0.29) is 17.7 Å². The molecule has 4 aromatic rings. The van der Waals surface area contributed by atoms with Crippen LogP contribution in [0.2, 0.25) is 0 Å². The van der Waals surface area contributed by atoms with Crippen LogP contribution in [0.5, 0.6) is 5.75 Å². The van der Waals surface area contributed by atoms with Crippen LogP contribution < -0.4 is 20.7 Å². The Balaban J connectivity index is 1.35. The molecule has 0 atom stereocenters. The van der Waals surface area contributed by atoms with Crippen LogP contribution >= 0.6 is 23.1 Å². The van der Waals surface area contributed by atoms with Gasteiger partial charge in [0.1, 0.15) is 5.75 Å². The van der Waals surface area contributed by atoms with Crippen molar-refractivity contribution >= 4 is 62.3 Å². The van der Waals surface area contributed by atoms with Crippen LogP contribution in [-0.2, 0) is 4.79 Å². The second-order valence-corrected chi connectivity index (χ2v) is 9.94.